The van der Waals surface area contributed by atoms with Crippen LogP contribution in [0.15, 0.2) is 45.6 Å². The van der Waals surface area contributed by atoms with Gasteiger partial charge in [-0.2, -0.15) is 13.2 Å². The summed E-state index contributed by atoms with van der Waals surface area (Å²) >= 11 is 0. The average molecular weight is 435 g/mol. The molecule has 1 aromatic heterocycles. The van der Waals surface area contributed by atoms with Crippen LogP contribution in [0.5, 0.6) is 11.5 Å². The number of fused-ring (bicyclic) bond motifs is 1. The summed E-state index contributed by atoms with van der Waals surface area (Å²) in [6.07, 6.45) is -3.93. The average Bonchev–Trinajstić information content (AvgIpc) is 3.06. The molecule has 1 saturated heterocycles. The Kier molecular flexibility index (Phi) is 5.18. The van der Waals surface area contributed by atoms with Gasteiger partial charge in [0.15, 0.2) is 5.43 Å². The summed E-state index contributed by atoms with van der Waals surface area (Å²) in [7, 11) is 1.82. The van der Waals surface area contributed by atoms with E-state index in [1.807, 2.05) is 11.9 Å². The zero-order valence-electron chi connectivity index (χ0n) is 16.5. The van der Waals surface area contributed by atoms with Crippen molar-refractivity contribution >= 4 is 11.0 Å². The molecule has 0 saturated carbocycles. The Morgan fingerprint density at radius 2 is 1.81 bits per heavy atom. The summed E-state index contributed by atoms with van der Waals surface area (Å²) in [6, 6.07) is 5.97. The first-order valence-electron chi connectivity index (χ1n) is 9.63. The highest BCUT2D eigenvalue weighted by Gasteiger charge is 2.36. The standard InChI is InChI=1S/C22H20F3NO5/c1-26-7-6-13(14(26)10-27)19-15(28)8-16(29)20-17(30)9-18(31-21(19)20)11-2-4-12(5-3-11)22(23,24)25/h2-5,8-9,13-14,27-29H,6-7,10H2,1H3/t13-,14+/m0/s1. The largest absolute Gasteiger partial charge is 0.507 e. The number of phenols is 2. The Bertz CT molecular complexity index is 1190. The van der Waals surface area contributed by atoms with Gasteiger partial charge in [0.05, 0.1) is 12.2 Å². The molecule has 0 unspecified atom stereocenters. The molecular formula is C22H20F3NO5. The van der Waals surface area contributed by atoms with Crippen molar-refractivity contribution in [1.29, 1.82) is 0 Å². The van der Waals surface area contributed by atoms with Crippen LogP contribution in [0, 0.1) is 0 Å². The van der Waals surface area contributed by atoms with Crippen molar-refractivity contribution in [2.24, 2.45) is 0 Å². The minimum absolute atomic E-state index is 0.00405. The molecule has 31 heavy (non-hydrogen) atoms. The number of aliphatic hydroxyl groups excluding tert-OH is 1. The molecule has 6 nitrogen and oxygen atoms in total. The molecule has 0 radical (unpaired) electrons. The van der Waals surface area contributed by atoms with Gasteiger partial charge >= 0.3 is 6.18 Å². The third-order valence-corrected chi connectivity index (χ3v) is 5.88. The Morgan fingerprint density at radius 1 is 1.13 bits per heavy atom. The van der Waals surface area contributed by atoms with Gasteiger partial charge in [0.2, 0.25) is 0 Å². The van der Waals surface area contributed by atoms with Crippen LogP contribution in [0.25, 0.3) is 22.3 Å². The summed E-state index contributed by atoms with van der Waals surface area (Å²) < 4.78 is 44.5. The van der Waals surface area contributed by atoms with E-state index in [9.17, 15) is 33.3 Å². The zero-order valence-corrected chi connectivity index (χ0v) is 16.5. The summed E-state index contributed by atoms with van der Waals surface area (Å²) in [4.78, 5) is 14.7. The van der Waals surface area contributed by atoms with Crippen LogP contribution in [0.3, 0.4) is 0 Å². The normalized spacial score (nSPS) is 19.9. The molecule has 3 N–H and O–H groups in total. The third-order valence-electron chi connectivity index (χ3n) is 5.88. The van der Waals surface area contributed by atoms with Gasteiger partial charge in [-0.1, -0.05) is 12.1 Å². The molecule has 3 aromatic rings. The van der Waals surface area contributed by atoms with E-state index in [1.54, 1.807) is 0 Å². The second-order valence-electron chi connectivity index (χ2n) is 7.71. The number of nitrogens with zero attached hydrogens (tertiary/aromatic N) is 1. The molecule has 0 aliphatic carbocycles. The second kappa shape index (κ2) is 7.58. The number of benzene rings is 2. The van der Waals surface area contributed by atoms with Crippen molar-refractivity contribution in [2.75, 3.05) is 20.2 Å². The highest BCUT2D eigenvalue weighted by molar-refractivity contribution is 5.89. The first kappa shape index (κ1) is 21.2. The molecule has 1 aliphatic rings. The smallest absolute Gasteiger partial charge is 0.416 e. The van der Waals surface area contributed by atoms with E-state index >= 15 is 0 Å². The lowest BCUT2D eigenvalue weighted by atomic mass is 9.89. The second-order valence-corrected chi connectivity index (χ2v) is 7.71. The molecular weight excluding hydrogens is 415 g/mol. The summed E-state index contributed by atoms with van der Waals surface area (Å²) in [5, 5.41) is 30.5. The molecule has 2 aromatic carbocycles. The van der Waals surface area contributed by atoms with Gasteiger partial charge in [-0.3, -0.25) is 4.79 Å². The predicted molar refractivity (Wildman–Crippen MR) is 107 cm³/mol. The van der Waals surface area contributed by atoms with E-state index in [0.29, 0.717) is 13.0 Å². The van der Waals surface area contributed by atoms with Crippen LogP contribution in [0.2, 0.25) is 0 Å². The van der Waals surface area contributed by atoms with Crippen molar-refractivity contribution in [2.45, 2.75) is 24.6 Å². The number of likely N-dealkylation sites (tertiary alicyclic amines) is 1. The van der Waals surface area contributed by atoms with Crippen LogP contribution in [-0.2, 0) is 6.18 Å². The fourth-order valence-corrected chi connectivity index (χ4v) is 4.26. The minimum Gasteiger partial charge on any atom is -0.507 e. The molecule has 9 heteroatoms. The number of alkyl halides is 3. The molecule has 2 heterocycles. The maximum atomic E-state index is 12.9. The number of halogens is 3. The van der Waals surface area contributed by atoms with Gasteiger partial charge in [0, 0.05) is 35.2 Å². The van der Waals surface area contributed by atoms with Crippen molar-refractivity contribution in [3.05, 3.63) is 57.7 Å². The van der Waals surface area contributed by atoms with Crippen LogP contribution in [0.1, 0.15) is 23.5 Å². The first-order valence-corrected chi connectivity index (χ1v) is 9.63. The monoisotopic (exact) mass is 435 g/mol. The molecule has 0 bridgehead atoms. The summed E-state index contributed by atoms with van der Waals surface area (Å²) in [6.45, 7) is 0.451. The highest BCUT2D eigenvalue weighted by Crippen LogP contribution is 2.44. The van der Waals surface area contributed by atoms with Crippen molar-refractivity contribution < 1.29 is 32.9 Å². The van der Waals surface area contributed by atoms with E-state index in [-0.39, 0.29) is 52.2 Å². The number of likely N-dealkylation sites (N-methyl/N-ethyl adjacent to an activating group) is 1. The van der Waals surface area contributed by atoms with Gasteiger partial charge in [-0.05, 0) is 32.1 Å². The number of aromatic hydroxyl groups is 2. The fraction of sp³-hybridized carbons (Fsp3) is 0.318. The lowest BCUT2D eigenvalue weighted by molar-refractivity contribution is -0.137. The predicted octanol–water partition coefficient (Wildman–Crippen LogP) is 3.67. The number of phenolic OH excluding ortho intramolecular Hbond substituents is 2. The van der Waals surface area contributed by atoms with Gasteiger partial charge in [0.1, 0.15) is 28.2 Å². The lowest BCUT2D eigenvalue weighted by Gasteiger charge is -2.24. The summed E-state index contributed by atoms with van der Waals surface area (Å²) in [5.74, 6) is -1.11. The van der Waals surface area contributed by atoms with Crippen molar-refractivity contribution in [3.8, 4) is 22.8 Å². The van der Waals surface area contributed by atoms with E-state index in [1.165, 1.54) is 12.1 Å². The third kappa shape index (κ3) is 3.64. The fourth-order valence-electron chi connectivity index (χ4n) is 4.26. The van der Waals surface area contributed by atoms with E-state index in [2.05, 4.69) is 0 Å². The quantitative estimate of drug-likeness (QED) is 0.581. The number of hydrogen-bond acceptors (Lipinski definition) is 6. The topological polar surface area (TPSA) is 94.1 Å². The van der Waals surface area contributed by atoms with E-state index < -0.39 is 22.9 Å². The first-order chi connectivity index (χ1) is 14.6. The molecule has 0 spiro atoms. The Balaban J connectivity index is 1.92. The molecule has 4 rings (SSSR count). The molecule has 1 aliphatic heterocycles. The van der Waals surface area contributed by atoms with Crippen LogP contribution < -0.4 is 5.43 Å². The Morgan fingerprint density at radius 3 is 2.42 bits per heavy atom. The van der Waals surface area contributed by atoms with E-state index in [0.717, 1.165) is 24.3 Å². The molecule has 164 valence electrons. The zero-order chi connectivity index (χ0) is 22.5. The molecule has 0 amide bonds. The minimum atomic E-state index is -4.50. The Hall–Kier alpha value is -3.04. The number of aliphatic hydroxyl groups is 1. The summed E-state index contributed by atoms with van der Waals surface area (Å²) in [5.41, 5.74) is -0.958. The van der Waals surface area contributed by atoms with Gasteiger partial charge in [0.25, 0.3) is 0 Å². The van der Waals surface area contributed by atoms with Gasteiger partial charge in [-0.25, -0.2) is 0 Å². The van der Waals surface area contributed by atoms with Crippen LogP contribution in [-0.4, -0.2) is 46.5 Å². The number of hydrogen-bond donors (Lipinski definition) is 3. The maximum absolute atomic E-state index is 12.9. The van der Waals surface area contributed by atoms with E-state index in [4.69, 9.17) is 4.42 Å². The van der Waals surface area contributed by atoms with Gasteiger partial charge < -0.3 is 24.6 Å². The maximum Gasteiger partial charge on any atom is 0.416 e. The Labute approximate surface area is 174 Å². The van der Waals surface area contributed by atoms with Crippen LogP contribution >= 0.6 is 0 Å². The van der Waals surface area contributed by atoms with Crippen molar-refractivity contribution in [3.63, 3.8) is 0 Å². The molecule has 1 fully saturated rings. The van der Waals surface area contributed by atoms with Gasteiger partial charge in [-0.15, -0.1) is 0 Å². The van der Waals surface area contributed by atoms with Crippen LogP contribution in [0.4, 0.5) is 13.2 Å². The SMILES string of the molecule is CN1CC[C@H](c2c(O)cc(O)c3c(=O)cc(-c4ccc(C(F)(F)F)cc4)oc23)[C@H]1CO. The lowest BCUT2D eigenvalue weighted by Crippen LogP contribution is -2.32. The molecule has 2 atom stereocenters. The number of rotatable bonds is 3. The highest BCUT2D eigenvalue weighted by atomic mass is 19.4. The van der Waals surface area contributed by atoms with Crippen molar-refractivity contribution in [1.82, 2.24) is 4.90 Å².